The molecule has 0 saturated carbocycles. The lowest BCUT2D eigenvalue weighted by Gasteiger charge is -2.37. The first-order valence-corrected chi connectivity index (χ1v) is 7.99. The molecule has 1 saturated heterocycles. The van der Waals surface area contributed by atoms with Crippen molar-refractivity contribution in [3.8, 4) is 0 Å². The van der Waals surface area contributed by atoms with E-state index in [-0.39, 0.29) is 0 Å². The largest absolute Gasteiger partial charge is 0.388 e. The summed E-state index contributed by atoms with van der Waals surface area (Å²) in [5.74, 6) is 1.77. The van der Waals surface area contributed by atoms with Crippen molar-refractivity contribution in [2.24, 2.45) is 0 Å². The second kappa shape index (κ2) is 5.66. The summed E-state index contributed by atoms with van der Waals surface area (Å²) in [4.78, 5) is 0. The van der Waals surface area contributed by atoms with E-state index in [4.69, 9.17) is 0 Å². The maximum Gasteiger partial charge on any atom is 0.0803 e. The standard InChI is InChI=1S/C16H24OS/c1-12(2)15-7-5-14(6-8-15)11-16(17)9-4-10-18-13(16)3/h5-8,12-13,17H,4,9-11H2,1-3H3. The van der Waals surface area contributed by atoms with Gasteiger partial charge in [0, 0.05) is 11.7 Å². The average molecular weight is 264 g/mol. The van der Waals surface area contributed by atoms with Crippen molar-refractivity contribution >= 4 is 11.8 Å². The van der Waals surface area contributed by atoms with Crippen molar-refractivity contribution in [1.82, 2.24) is 0 Å². The molecule has 100 valence electrons. The Kier molecular flexibility index (Phi) is 4.39. The average Bonchev–Trinajstić information content (AvgIpc) is 2.34. The van der Waals surface area contributed by atoms with Gasteiger partial charge in [0.1, 0.15) is 0 Å². The predicted octanol–water partition coefficient (Wildman–Crippen LogP) is 4.00. The van der Waals surface area contributed by atoms with Crippen LogP contribution in [0.2, 0.25) is 0 Å². The van der Waals surface area contributed by atoms with E-state index >= 15 is 0 Å². The lowest BCUT2D eigenvalue weighted by Crippen LogP contribution is -2.43. The normalized spacial score (nSPS) is 28.6. The lowest BCUT2D eigenvalue weighted by atomic mass is 9.86. The second-order valence-corrected chi connectivity index (χ2v) is 7.24. The number of aliphatic hydroxyl groups is 1. The maximum atomic E-state index is 10.8. The third kappa shape index (κ3) is 3.10. The van der Waals surface area contributed by atoms with Gasteiger partial charge in [-0.15, -0.1) is 0 Å². The summed E-state index contributed by atoms with van der Waals surface area (Å²) in [5.41, 5.74) is 2.12. The van der Waals surface area contributed by atoms with Crippen LogP contribution in [-0.2, 0) is 6.42 Å². The molecule has 1 heterocycles. The Hall–Kier alpha value is -0.470. The molecule has 0 amide bonds. The van der Waals surface area contributed by atoms with Gasteiger partial charge < -0.3 is 5.11 Å². The second-order valence-electron chi connectivity index (χ2n) is 5.79. The monoisotopic (exact) mass is 264 g/mol. The van der Waals surface area contributed by atoms with Crippen LogP contribution in [0.5, 0.6) is 0 Å². The van der Waals surface area contributed by atoms with Gasteiger partial charge in [0.2, 0.25) is 0 Å². The van der Waals surface area contributed by atoms with Crippen LogP contribution in [0.15, 0.2) is 24.3 Å². The van der Waals surface area contributed by atoms with Crippen molar-refractivity contribution in [3.63, 3.8) is 0 Å². The molecule has 0 aliphatic carbocycles. The molecule has 1 fully saturated rings. The SMILES string of the molecule is CC(C)c1ccc(CC2(O)CCCSC2C)cc1. The zero-order valence-electron chi connectivity index (χ0n) is 11.6. The molecule has 2 unspecified atom stereocenters. The van der Waals surface area contributed by atoms with Crippen LogP contribution in [0.1, 0.15) is 50.7 Å². The fourth-order valence-corrected chi connectivity index (χ4v) is 3.78. The van der Waals surface area contributed by atoms with E-state index in [9.17, 15) is 5.11 Å². The number of benzene rings is 1. The first-order chi connectivity index (χ1) is 8.51. The Balaban J connectivity index is 2.08. The highest BCUT2D eigenvalue weighted by Crippen LogP contribution is 2.36. The van der Waals surface area contributed by atoms with Crippen LogP contribution >= 0.6 is 11.8 Å². The number of thioether (sulfide) groups is 1. The van der Waals surface area contributed by atoms with Gasteiger partial charge in [0.05, 0.1) is 5.60 Å². The van der Waals surface area contributed by atoms with Crippen LogP contribution in [0, 0.1) is 0 Å². The highest BCUT2D eigenvalue weighted by atomic mass is 32.2. The molecule has 1 aliphatic heterocycles. The summed E-state index contributed by atoms with van der Waals surface area (Å²) in [7, 11) is 0. The molecule has 0 radical (unpaired) electrons. The third-order valence-electron chi connectivity index (χ3n) is 4.04. The molecular weight excluding hydrogens is 240 g/mol. The molecule has 2 atom stereocenters. The van der Waals surface area contributed by atoms with E-state index in [1.807, 2.05) is 11.8 Å². The van der Waals surface area contributed by atoms with Crippen LogP contribution < -0.4 is 0 Å². The quantitative estimate of drug-likeness (QED) is 0.890. The molecule has 1 nitrogen and oxygen atoms in total. The molecule has 0 spiro atoms. The first kappa shape index (κ1) is 14.0. The van der Waals surface area contributed by atoms with E-state index in [2.05, 4.69) is 45.0 Å². The van der Waals surface area contributed by atoms with Crippen LogP contribution in [0.25, 0.3) is 0 Å². The minimum absolute atomic E-state index is 0.344. The van der Waals surface area contributed by atoms with Crippen molar-refractivity contribution in [2.75, 3.05) is 5.75 Å². The molecule has 1 N–H and O–H groups in total. The van der Waals surface area contributed by atoms with Crippen LogP contribution in [0.3, 0.4) is 0 Å². The fourth-order valence-electron chi connectivity index (χ4n) is 2.60. The number of rotatable bonds is 3. The fraction of sp³-hybridized carbons (Fsp3) is 0.625. The Morgan fingerprint density at radius 1 is 1.33 bits per heavy atom. The number of hydrogen-bond acceptors (Lipinski definition) is 2. The molecule has 1 aromatic carbocycles. The Morgan fingerprint density at radius 3 is 2.56 bits per heavy atom. The van der Waals surface area contributed by atoms with E-state index in [0.717, 1.165) is 19.3 Å². The Bertz CT molecular complexity index is 385. The van der Waals surface area contributed by atoms with Gasteiger partial charge in [0.25, 0.3) is 0 Å². The summed E-state index contributed by atoms with van der Waals surface area (Å²) in [6.07, 6.45) is 2.86. The van der Waals surface area contributed by atoms with Crippen molar-refractivity contribution in [3.05, 3.63) is 35.4 Å². The summed E-state index contributed by atoms with van der Waals surface area (Å²) in [6.45, 7) is 6.58. The smallest absolute Gasteiger partial charge is 0.0803 e. The molecule has 2 heteroatoms. The van der Waals surface area contributed by atoms with E-state index in [0.29, 0.717) is 11.2 Å². The van der Waals surface area contributed by atoms with Gasteiger partial charge in [-0.25, -0.2) is 0 Å². The highest BCUT2D eigenvalue weighted by molar-refractivity contribution is 8.00. The van der Waals surface area contributed by atoms with E-state index in [1.165, 1.54) is 16.9 Å². The van der Waals surface area contributed by atoms with Gasteiger partial charge in [-0.2, -0.15) is 11.8 Å². The van der Waals surface area contributed by atoms with Gasteiger partial charge in [-0.3, -0.25) is 0 Å². The van der Waals surface area contributed by atoms with Gasteiger partial charge in [0.15, 0.2) is 0 Å². The maximum absolute atomic E-state index is 10.8. The molecule has 2 rings (SSSR count). The molecule has 1 aromatic rings. The lowest BCUT2D eigenvalue weighted by molar-refractivity contribution is 0.0297. The van der Waals surface area contributed by atoms with Crippen LogP contribution in [0.4, 0.5) is 0 Å². The van der Waals surface area contributed by atoms with E-state index in [1.54, 1.807) is 0 Å². The van der Waals surface area contributed by atoms with Crippen molar-refractivity contribution < 1.29 is 5.11 Å². The summed E-state index contributed by atoms with van der Waals surface area (Å²) in [5, 5.41) is 11.1. The Morgan fingerprint density at radius 2 is 2.00 bits per heavy atom. The number of hydrogen-bond donors (Lipinski definition) is 1. The van der Waals surface area contributed by atoms with Gasteiger partial charge in [-0.1, -0.05) is 45.0 Å². The zero-order chi connectivity index (χ0) is 13.2. The van der Waals surface area contributed by atoms with Crippen molar-refractivity contribution in [2.45, 2.75) is 56.8 Å². The molecule has 1 aliphatic rings. The topological polar surface area (TPSA) is 20.2 Å². The predicted molar refractivity (Wildman–Crippen MR) is 80.3 cm³/mol. The van der Waals surface area contributed by atoms with Gasteiger partial charge >= 0.3 is 0 Å². The van der Waals surface area contributed by atoms with Gasteiger partial charge in [-0.05, 0) is 35.6 Å². The summed E-state index contributed by atoms with van der Waals surface area (Å²) >= 11 is 1.90. The first-order valence-electron chi connectivity index (χ1n) is 6.94. The third-order valence-corrected chi connectivity index (χ3v) is 5.50. The summed E-state index contributed by atoms with van der Waals surface area (Å²) in [6, 6.07) is 8.76. The minimum Gasteiger partial charge on any atom is -0.388 e. The zero-order valence-corrected chi connectivity index (χ0v) is 12.5. The Labute approximate surface area is 115 Å². The molecular formula is C16H24OS. The highest BCUT2D eigenvalue weighted by Gasteiger charge is 2.36. The minimum atomic E-state index is -0.512. The summed E-state index contributed by atoms with van der Waals surface area (Å²) < 4.78 is 0. The van der Waals surface area contributed by atoms with Crippen molar-refractivity contribution in [1.29, 1.82) is 0 Å². The molecule has 0 aromatic heterocycles. The molecule has 18 heavy (non-hydrogen) atoms. The molecule has 0 bridgehead atoms. The van der Waals surface area contributed by atoms with E-state index < -0.39 is 5.60 Å². The van der Waals surface area contributed by atoms with Crippen LogP contribution in [-0.4, -0.2) is 21.7 Å².